The zero-order valence-electron chi connectivity index (χ0n) is 14.3. The van der Waals surface area contributed by atoms with Crippen LogP contribution in [0.1, 0.15) is 72.1 Å². The second kappa shape index (κ2) is 6.79. The minimum absolute atomic E-state index is 0.0749. The molecule has 0 radical (unpaired) electrons. The summed E-state index contributed by atoms with van der Waals surface area (Å²) < 4.78 is 7.69. The number of piperidine rings is 2. The molecule has 2 nitrogen and oxygen atoms in total. The highest BCUT2D eigenvalue weighted by Crippen LogP contribution is 2.36. The number of fused-ring (bicyclic) bond motifs is 1. The van der Waals surface area contributed by atoms with Gasteiger partial charge in [-0.15, -0.1) is 0 Å². The van der Waals surface area contributed by atoms with Crippen molar-refractivity contribution in [2.24, 2.45) is 5.92 Å². The first-order valence-electron chi connectivity index (χ1n) is 8.95. The third kappa shape index (κ3) is 3.98. The predicted octanol–water partition coefficient (Wildman–Crippen LogP) is 4.38. The van der Waals surface area contributed by atoms with Crippen molar-refractivity contribution < 1.29 is 9.22 Å². The second-order valence-corrected chi connectivity index (χ2v) is 8.07. The maximum absolute atomic E-state index is 6.36. The number of nitrogens with zero attached hydrogens (tertiary/aromatic N) is 1. The zero-order valence-corrected chi connectivity index (χ0v) is 14.3. The molecular formula is C18H36NO+. The fourth-order valence-electron chi connectivity index (χ4n) is 4.44. The average Bonchev–Trinajstić information content (AvgIpc) is 2.42. The Morgan fingerprint density at radius 1 is 1.10 bits per heavy atom. The van der Waals surface area contributed by atoms with Gasteiger partial charge in [0.2, 0.25) is 0 Å². The van der Waals surface area contributed by atoms with Gasteiger partial charge in [0.1, 0.15) is 0 Å². The highest BCUT2D eigenvalue weighted by molar-refractivity contribution is 4.80. The first-order chi connectivity index (χ1) is 9.47. The Bertz CT molecular complexity index is 298. The van der Waals surface area contributed by atoms with Crippen LogP contribution in [0.2, 0.25) is 0 Å². The van der Waals surface area contributed by atoms with Gasteiger partial charge in [0.15, 0.2) is 0 Å². The monoisotopic (exact) mass is 282 g/mol. The summed E-state index contributed by atoms with van der Waals surface area (Å²) >= 11 is 0. The van der Waals surface area contributed by atoms with Crippen LogP contribution in [0.5, 0.6) is 0 Å². The van der Waals surface area contributed by atoms with Gasteiger partial charge in [0.25, 0.3) is 0 Å². The van der Waals surface area contributed by atoms with Crippen LogP contribution in [0, 0.1) is 5.92 Å². The minimum Gasteiger partial charge on any atom is -0.375 e. The van der Waals surface area contributed by atoms with Gasteiger partial charge in [-0.3, -0.25) is 0 Å². The third-order valence-corrected chi connectivity index (χ3v) is 5.83. The molecule has 118 valence electrons. The second-order valence-electron chi connectivity index (χ2n) is 8.07. The van der Waals surface area contributed by atoms with Gasteiger partial charge < -0.3 is 9.22 Å². The molecule has 0 spiro atoms. The van der Waals surface area contributed by atoms with Gasteiger partial charge in [-0.25, -0.2) is 0 Å². The molecule has 2 aliphatic heterocycles. The van der Waals surface area contributed by atoms with Crippen LogP contribution in [0.4, 0.5) is 0 Å². The van der Waals surface area contributed by atoms with E-state index < -0.39 is 0 Å². The smallest absolute Gasteiger partial charge is 0.0939 e. The van der Waals surface area contributed by atoms with Crippen LogP contribution in [0.25, 0.3) is 0 Å². The van der Waals surface area contributed by atoms with Crippen LogP contribution >= 0.6 is 0 Å². The fraction of sp³-hybridized carbons (Fsp3) is 1.00. The Morgan fingerprint density at radius 2 is 1.85 bits per heavy atom. The lowest BCUT2D eigenvalue weighted by Crippen LogP contribution is -2.61. The number of quaternary nitrogens is 1. The molecule has 0 saturated carbocycles. The molecule has 2 heterocycles. The Balaban J connectivity index is 1.88. The molecule has 0 aromatic rings. The van der Waals surface area contributed by atoms with E-state index in [1.54, 1.807) is 0 Å². The molecule has 0 aromatic heterocycles. The van der Waals surface area contributed by atoms with Gasteiger partial charge in [0, 0.05) is 12.3 Å². The van der Waals surface area contributed by atoms with Crippen LogP contribution in [-0.4, -0.2) is 42.9 Å². The first-order valence-corrected chi connectivity index (χ1v) is 8.95. The summed E-state index contributed by atoms with van der Waals surface area (Å²) in [5.41, 5.74) is 0.0749. The van der Waals surface area contributed by atoms with E-state index >= 15 is 0 Å². The Hall–Kier alpha value is -0.0800. The summed E-state index contributed by atoms with van der Waals surface area (Å²) in [7, 11) is 2.50. The summed E-state index contributed by atoms with van der Waals surface area (Å²) in [5, 5.41) is 0. The summed E-state index contributed by atoms with van der Waals surface area (Å²) in [6.07, 6.45) is 10.9. The summed E-state index contributed by atoms with van der Waals surface area (Å²) in [6.45, 7) is 10.6. The SMILES string of the molecule is CCCCC(C)(C)OC[C@@H]1CCC[N@@+]2(C)CCCC[C@H]12. The quantitative estimate of drug-likeness (QED) is 0.657. The van der Waals surface area contributed by atoms with Gasteiger partial charge in [-0.1, -0.05) is 19.8 Å². The number of rotatable bonds is 6. The zero-order chi connectivity index (χ0) is 14.6. The number of ether oxygens (including phenoxy) is 1. The lowest BCUT2D eigenvalue weighted by atomic mass is 9.82. The third-order valence-electron chi connectivity index (χ3n) is 5.83. The molecule has 2 fully saturated rings. The van der Waals surface area contributed by atoms with E-state index in [0.717, 1.165) is 18.6 Å². The summed E-state index contributed by atoms with van der Waals surface area (Å²) in [4.78, 5) is 0. The van der Waals surface area contributed by atoms with Gasteiger partial charge in [0.05, 0.1) is 38.4 Å². The van der Waals surface area contributed by atoms with Crippen LogP contribution in [-0.2, 0) is 4.74 Å². The number of unbranched alkanes of at least 4 members (excludes halogenated alkanes) is 1. The van der Waals surface area contributed by atoms with Crippen molar-refractivity contribution >= 4 is 0 Å². The summed E-state index contributed by atoms with van der Waals surface area (Å²) in [5.74, 6) is 0.801. The van der Waals surface area contributed by atoms with E-state index in [1.165, 1.54) is 68.9 Å². The molecule has 0 aliphatic carbocycles. The maximum Gasteiger partial charge on any atom is 0.0939 e. The van der Waals surface area contributed by atoms with E-state index in [2.05, 4.69) is 27.8 Å². The number of hydrogen-bond donors (Lipinski definition) is 0. The lowest BCUT2D eigenvalue weighted by molar-refractivity contribution is -0.947. The Labute approximate surface area is 126 Å². The molecule has 3 atom stereocenters. The highest BCUT2D eigenvalue weighted by Gasteiger charge is 2.43. The van der Waals surface area contributed by atoms with Crippen LogP contribution in [0.3, 0.4) is 0 Å². The van der Waals surface area contributed by atoms with Crippen LogP contribution < -0.4 is 0 Å². The van der Waals surface area contributed by atoms with Gasteiger partial charge >= 0.3 is 0 Å². The fourth-order valence-corrected chi connectivity index (χ4v) is 4.44. The normalized spacial score (nSPS) is 34.8. The number of hydrogen-bond acceptors (Lipinski definition) is 1. The van der Waals surface area contributed by atoms with Gasteiger partial charge in [-0.05, 0) is 46.0 Å². The molecule has 2 heteroatoms. The molecule has 0 amide bonds. The minimum atomic E-state index is 0.0749. The molecule has 20 heavy (non-hydrogen) atoms. The topological polar surface area (TPSA) is 9.23 Å². The van der Waals surface area contributed by atoms with E-state index in [1.807, 2.05) is 0 Å². The molecular weight excluding hydrogens is 246 g/mol. The average molecular weight is 282 g/mol. The van der Waals surface area contributed by atoms with Crippen molar-refractivity contribution in [3.05, 3.63) is 0 Å². The van der Waals surface area contributed by atoms with Crippen molar-refractivity contribution in [3.8, 4) is 0 Å². The highest BCUT2D eigenvalue weighted by atomic mass is 16.5. The van der Waals surface area contributed by atoms with Crippen molar-refractivity contribution in [1.82, 2.24) is 0 Å². The Morgan fingerprint density at radius 3 is 2.60 bits per heavy atom. The standard InChI is InChI=1S/C18H36NO/c1-5-6-12-18(2,3)20-15-16-10-9-14-19(4)13-8-7-11-17(16)19/h16-17H,5-15H2,1-4H3/q+1/t16-,17+,19+/m0/s1. The maximum atomic E-state index is 6.36. The first kappa shape index (κ1) is 16.3. The van der Waals surface area contributed by atoms with Crippen molar-refractivity contribution in [1.29, 1.82) is 0 Å². The van der Waals surface area contributed by atoms with Crippen LogP contribution in [0.15, 0.2) is 0 Å². The van der Waals surface area contributed by atoms with Crippen molar-refractivity contribution in [3.63, 3.8) is 0 Å². The Kier molecular flexibility index (Phi) is 5.53. The summed E-state index contributed by atoms with van der Waals surface area (Å²) in [6, 6.07) is 0.875. The van der Waals surface area contributed by atoms with E-state index in [-0.39, 0.29) is 5.60 Å². The molecule has 0 N–H and O–H groups in total. The van der Waals surface area contributed by atoms with Crippen molar-refractivity contribution in [2.45, 2.75) is 83.8 Å². The largest absolute Gasteiger partial charge is 0.375 e. The molecule has 2 rings (SSSR count). The van der Waals surface area contributed by atoms with Gasteiger partial charge in [-0.2, -0.15) is 0 Å². The van der Waals surface area contributed by atoms with Crippen molar-refractivity contribution in [2.75, 3.05) is 26.7 Å². The molecule has 2 aliphatic rings. The lowest BCUT2D eigenvalue weighted by Gasteiger charge is -2.51. The molecule has 0 bridgehead atoms. The molecule has 0 aromatic carbocycles. The van der Waals surface area contributed by atoms with E-state index in [9.17, 15) is 0 Å². The molecule has 2 saturated heterocycles. The molecule has 0 unspecified atom stereocenters. The van der Waals surface area contributed by atoms with E-state index in [0.29, 0.717) is 0 Å². The van der Waals surface area contributed by atoms with E-state index in [4.69, 9.17) is 4.74 Å². The predicted molar refractivity (Wildman–Crippen MR) is 85.8 cm³/mol.